The predicted molar refractivity (Wildman–Crippen MR) is 37.0 cm³/mol. The number of aromatic hydroxyl groups is 2. The maximum absolute atomic E-state index is 9.11. The van der Waals surface area contributed by atoms with E-state index in [0.29, 0.717) is 0 Å². The quantitative estimate of drug-likeness (QED) is 0.367. The molecule has 4 N–H and O–H groups in total. The SMILES string of the molecule is Nc1cc2c(c(O)c1O)C2. The van der Waals surface area contributed by atoms with Gasteiger partial charge in [0.1, 0.15) is 0 Å². The van der Waals surface area contributed by atoms with Gasteiger partial charge < -0.3 is 15.9 Å². The molecule has 3 nitrogen and oxygen atoms in total. The summed E-state index contributed by atoms with van der Waals surface area (Å²) in [6.45, 7) is 0. The molecule has 0 aromatic heterocycles. The Hall–Kier alpha value is -1.38. The Bertz CT molecular complexity index is 304. The van der Waals surface area contributed by atoms with Crippen molar-refractivity contribution in [3.63, 3.8) is 0 Å². The minimum atomic E-state index is -0.184. The van der Waals surface area contributed by atoms with Crippen LogP contribution in [0.25, 0.3) is 0 Å². The Morgan fingerprint density at radius 2 is 2.00 bits per heavy atom. The van der Waals surface area contributed by atoms with Crippen molar-refractivity contribution < 1.29 is 10.2 Å². The van der Waals surface area contributed by atoms with E-state index in [1.807, 2.05) is 0 Å². The van der Waals surface area contributed by atoms with Gasteiger partial charge in [-0.3, -0.25) is 0 Å². The number of nitrogen functional groups attached to an aromatic ring is 1. The summed E-state index contributed by atoms with van der Waals surface area (Å²) in [6.07, 6.45) is 0.761. The molecular formula is C7H7NO2. The van der Waals surface area contributed by atoms with Gasteiger partial charge in [0.15, 0.2) is 11.5 Å². The lowest BCUT2D eigenvalue weighted by molar-refractivity contribution is 0.405. The van der Waals surface area contributed by atoms with Crippen molar-refractivity contribution in [2.45, 2.75) is 6.42 Å². The number of fused-ring (bicyclic) bond motifs is 1. The van der Waals surface area contributed by atoms with E-state index >= 15 is 0 Å². The normalized spacial score (nSPS) is 12.8. The average molecular weight is 137 g/mol. The summed E-state index contributed by atoms with van der Waals surface area (Å²) in [5.41, 5.74) is 7.46. The molecule has 0 saturated carbocycles. The largest absolute Gasteiger partial charge is 0.504 e. The van der Waals surface area contributed by atoms with Gasteiger partial charge in [0.05, 0.1) is 5.69 Å². The number of nitrogens with two attached hydrogens (primary N) is 1. The zero-order valence-corrected chi connectivity index (χ0v) is 5.26. The van der Waals surface area contributed by atoms with Crippen molar-refractivity contribution in [1.29, 1.82) is 0 Å². The van der Waals surface area contributed by atoms with Crippen molar-refractivity contribution in [1.82, 2.24) is 0 Å². The third kappa shape index (κ3) is 0.492. The van der Waals surface area contributed by atoms with Crippen molar-refractivity contribution in [3.05, 3.63) is 17.2 Å². The van der Waals surface area contributed by atoms with Crippen molar-refractivity contribution in [2.75, 3.05) is 5.73 Å². The Balaban J connectivity index is 2.73. The zero-order valence-electron chi connectivity index (χ0n) is 5.26. The molecule has 1 aliphatic carbocycles. The summed E-state index contributed by atoms with van der Waals surface area (Å²) >= 11 is 0. The van der Waals surface area contributed by atoms with Crippen molar-refractivity contribution >= 4 is 5.69 Å². The minimum absolute atomic E-state index is 0.0463. The number of phenols is 2. The lowest BCUT2D eigenvalue weighted by Gasteiger charge is -1.97. The molecule has 1 aliphatic rings. The lowest BCUT2D eigenvalue weighted by atomic mass is 10.3. The van der Waals surface area contributed by atoms with Crippen LogP contribution < -0.4 is 5.73 Å². The van der Waals surface area contributed by atoms with E-state index in [1.165, 1.54) is 0 Å². The van der Waals surface area contributed by atoms with Gasteiger partial charge in [-0.15, -0.1) is 0 Å². The van der Waals surface area contributed by atoms with Crippen LogP contribution in [0.5, 0.6) is 11.5 Å². The number of hydrogen-bond donors (Lipinski definition) is 3. The molecule has 52 valence electrons. The van der Waals surface area contributed by atoms with E-state index in [1.54, 1.807) is 6.07 Å². The van der Waals surface area contributed by atoms with Crippen LogP contribution in [0.1, 0.15) is 11.1 Å². The fourth-order valence-corrected chi connectivity index (χ4v) is 1.06. The van der Waals surface area contributed by atoms with Gasteiger partial charge in [0.25, 0.3) is 0 Å². The van der Waals surface area contributed by atoms with Crippen molar-refractivity contribution in [2.24, 2.45) is 0 Å². The first-order valence-electron chi connectivity index (χ1n) is 3.02. The number of anilines is 1. The number of benzene rings is 1. The molecule has 0 saturated heterocycles. The first-order valence-corrected chi connectivity index (χ1v) is 3.02. The summed E-state index contributed by atoms with van der Waals surface area (Å²) in [6, 6.07) is 1.68. The Morgan fingerprint density at radius 3 is 2.70 bits per heavy atom. The molecule has 0 radical (unpaired) electrons. The first kappa shape index (κ1) is 5.41. The van der Waals surface area contributed by atoms with Crippen LogP contribution in [0, 0.1) is 0 Å². The van der Waals surface area contributed by atoms with Crippen molar-refractivity contribution in [3.8, 4) is 11.5 Å². The Morgan fingerprint density at radius 1 is 1.30 bits per heavy atom. The van der Waals surface area contributed by atoms with E-state index in [9.17, 15) is 0 Å². The van der Waals surface area contributed by atoms with E-state index in [4.69, 9.17) is 15.9 Å². The second kappa shape index (κ2) is 1.37. The maximum atomic E-state index is 9.11. The van der Waals surface area contributed by atoms with Crippen LogP contribution >= 0.6 is 0 Å². The Kier molecular flexibility index (Phi) is 0.740. The fraction of sp³-hybridized carbons (Fsp3) is 0.143. The number of phenolic OH excluding ortho intramolecular Hbond substituents is 2. The highest BCUT2D eigenvalue weighted by atomic mass is 16.3. The molecule has 0 spiro atoms. The molecule has 10 heavy (non-hydrogen) atoms. The zero-order chi connectivity index (χ0) is 7.30. The molecule has 3 heteroatoms. The van der Waals surface area contributed by atoms with Gasteiger partial charge >= 0.3 is 0 Å². The molecule has 0 atom stereocenters. The highest BCUT2D eigenvalue weighted by molar-refractivity contribution is 5.70. The number of hydrogen-bond acceptors (Lipinski definition) is 3. The van der Waals surface area contributed by atoms with E-state index in [2.05, 4.69) is 0 Å². The standard InChI is InChI=1S/C7H7NO2/c8-5-2-3-1-4(3)6(9)7(5)10/h2,9-10H,1,8H2. The summed E-state index contributed by atoms with van der Waals surface area (Å²) in [5, 5.41) is 18.2. The second-order valence-electron chi connectivity index (χ2n) is 2.48. The van der Waals surface area contributed by atoms with Crippen LogP contribution in [0.3, 0.4) is 0 Å². The van der Waals surface area contributed by atoms with Gasteiger partial charge in [0, 0.05) is 12.0 Å². The molecule has 0 amide bonds. The third-order valence-corrected chi connectivity index (χ3v) is 1.74. The molecular weight excluding hydrogens is 130 g/mol. The van der Waals surface area contributed by atoms with Gasteiger partial charge in [-0.2, -0.15) is 0 Å². The lowest BCUT2D eigenvalue weighted by Crippen LogP contribution is -1.83. The fourth-order valence-electron chi connectivity index (χ4n) is 1.06. The smallest absolute Gasteiger partial charge is 0.181 e. The second-order valence-corrected chi connectivity index (χ2v) is 2.48. The van der Waals surface area contributed by atoms with E-state index < -0.39 is 0 Å². The highest BCUT2D eigenvalue weighted by Crippen LogP contribution is 2.45. The molecule has 0 heterocycles. The number of rotatable bonds is 0. The van der Waals surface area contributed by atoms with Gasteiger partial charge in [-0.1, -0.05) is 0 Å². The van der Waals surface area contributed by atoms with E-state index in [-0.39, 0.29) is 17.2 Å². The van der Waals surface area contributed by atoms with Crippen LogP contribution in [-0.4, -0.2) is 10.2 Å². The van der Waals surface area contributed by atoms with E-state index in [0.717, 1.165) is 17.5 Å². The van der Waals surface area contributed by atoms with Crippen LogP contribution in [0.4, 0.5) is 5.69 Å². The molecule has 2 rings (SSSR count). The molecule has 1 aromatic rings. The average Bonchev–Trinajstić information content (AvgIpc) is 2.62. The van der Waals surface area contributed by atoms with Crippen LogP contribution in [0.2, 0.25) is 0 Å². The maximum Gasteiger partial charge on any atom is 0.181 e. The molecule has 0 unspecified atom stereocenters. The Labute approximate surface area is 57.7 Å². The minimum Gasteiger partial charge on any atom is -0.504 e. The highest BCUT2D eigenvalue weighted by Gasteiger charge is 2.25. The third-order valence-electron chi connectivity index (χ3n) is 1.74. The van der Waals surface area contributed by atoms with Gasteiger partial charge in [-0.25, -0.2) is 0 Å². The topological polar surface area (TPSA) is 66.5 Å². The molecule has 1 aromatic carbocycles. The van der Waals surface area contributed by atoms with Gasteiger partial charge in [-0.05, 0) is 11.6 Å². The van der Waals surface area contributed by atoms with Crippen LogP contribution in [-0.2, 0) is 6.42 Å². The monoisotopic (exact) mass is 137 g/mol. The predicted octanol–water partition coefficient (Wildman–Crippen LogP) is 0.584. The van der Waals surface area contributed by atoms with Gasteiger partial charge in [0.2, 0.25) is 0 Å². The summed E-state index contributed by atoms with van der Waals surface area (Å²) in [4.78, 5) is 0. The summed E-state index contributed by atoms with van der Waals surface area (Å²) in [5.74, 6) is -0.230. The summed E-state index contributed by atoms with van der Waals surface area (Å²) < 4.78 is 0. The first-order chi connectivity index (χ1) is 4.70. The molecule has 0 bridgehead atoms. The summed E-state index contributed by atoms with van der Waals surface area (Å²) in [7, 11) is 0. The van der Waals surface area contributed by atoms with Crippen LogP contribution in [0.15, 0.2) is 6.07 Å². The molecule has 0 aliphatic heterocycles. The molecule has 0 fully saturated rings.